The first kappa shape index (κ1) is 13.5. The third kappa shape index (κ3) is 3.08. The van der Waals surface area contributed by atoms with Gasteiger partial charge in [0, 0.05) is 25.0 Å². The van der Waals surface area contributed by atoms with Crippen LogP contribution in [0.3, 0.4) is 0 Å². The smallest absolute Gasteiger partial charge is 0.335 e. The molecule has 2 aromatic rings. The zero-order valence-corrected chi connectivity index (χ0v) is 10.3. The van der Waals surface area contributed by atoms with Crippen molar-refractivity contribution in [2.75, 3.05) is 5.32 Å². The fraction of sp³-hybridized carbons (Fsp3) is 0.0769. The van der Waals surface area contributed by atoms with Crippen LogP contribution in [-0.2, 0) is 6.54 Å². The van der Waals surface area contributed by atoms with Crippen LogP contribution in [-0.4, -0.2) is 21.0 Å². The van der Waals surface area contributed by atoms with Crippen LogP contribution in [0.2, 0.25) is 0 Å². The Balaban J connectivity index is 2.26. The van der Waals surface area contributed by atoms with Gasteiger partial charge in [-0.2, -0.15) is 0 Å². The molecule has 1 aromatic heterocycles. The summed E-state index contributed by atoms with van der Waals surface area (Å²) in [6.07, 6.45) is 3.25. The lowest BCUT2D eigenvalue weighted by Gasteiger charge is -2.07. The van der Waals surface area contributed by atoms with E-state index in [9.17, 15) is 14.9 Å². The van der Waals surface area contributed by atoms with Crippen molar-refractivity contribution < 1.29 is 14.8 Å². The van der Waals surface area contributed by atoms with E-state index in [0.717, 1.165) is 5.56 Å². The standard InChI is InChI=1S/C13H11N3O4/c17-13(18)10-3-4-12(16(19)20)11(6-10)15-8-9-2-1-5-14-7-9/h1-7,15H,8H2,(H,17,18). The maximum Gasteiger partial charge on any atom is 0.335 e. The minimum atomic E-state index is -1.13. The number of pyridine rings is 1. The second-order valence-corrected chi connectivity index (χ2v) is 4.01. The lowest BCUT2D eigenvalue weighted by atomic mass is 10.1. The van der Waals surface area contributed by atoms with Crippen molar-refractivity contribution >= 4 is 17.3 Å². The Morgan fingerprint density at radius 2 is 2.20 bits per heavy atom. The van der Waals surface area contributed by atoms with Crippen LogP contribution in [0.25, 0.3) is 0 Å². The van der Waals surface area contributed by atoms with Crippen LogP contribution in [0.1, 0.15) is 15.9 Å². The van der Waals surface area contributed by atoms with E-state index in [1.165, 1.54) is 18.2 Å². The molecule has 1 aromatic carbocycles. The fourth-order valence-corrected chi connectivity index (χ4v) is 1.67. The molecule has 0 aliphatic heterocycles. The van der Waals surface area contributed by atoms with Gasteiger partial charge < -0.3 is 10.4 Å². The molecule has 0 aliphatic carbocycles. The van der Waals surface area contributed by atoms with Crippen molar-refractivity contribution in [1.82, 2.24) is 4.98 Å². The van der Waals surface area contributed by atoms with E-state index in [1.54, 1.807) is 18.5 Å². The van der Waals surface area contributed by atoms with Crippen LogP contribution < -0.4 is 5.32 Å². The minimum absolute atomic E-state index is 0.00992. The Kier molecular flexibility index (Phi) is 3.90. The molecule has 0 aliphatic rings. The summed E-state index contributed by atoms with van der Waals surface area (Å²) in [5.74, 6) is -1.13. The molecule has 0 radical (unpaired) electrons. The first-order chi connectivity index (χ1) is 9.58. The molecule has 2 N–H and O–H groups in total. The number of nitrogens with zero attached hydrogens (tertiary/aromatic N) is 2. The van der Waals surface area contributed by atoms with E-state index >= 15 is 0 Å². The maximum absolute atomic E-state index is 10.9. The molecule has 0 spiro atoms. The largest absolute Gasteiger partial charge is 0.478 e. The minimum Gasteiger partial charge on any atom is -0.478 e. The molecule has 7 nitrogen and oxygen atoms in total. The monoisotopic (exact) mass is 273 g/mol. The van der Waals surface area contributed by atoms with Gasteiger partial charge in [-0.1, -0.05) is 6.07 Å². The number of hydrogen-bond acceptors (Lipinski definition) is 5. The van der Waals surface area contributed by atoms with Gasteiger partial charge in [-0.25, -0.2) is 4.79 Å². The van der Waals surface area contributed by atoms with Crippen molar-refractivity contribution in [2.24, 2.45) is 0 Å². The third-order valence-corrected chi connectivity index (χ3v) is 2.65. The topological polar surface area (TPSA) is 105 Å². The van der Waals surface area contributed by atoms with Gasteiger partial charge in [0.15, 0.2) is 0 Å². The summed E-state index contributed by atoms with van der Waals surface area (Å²) in [6.45, 7) is 0.317. The number of carboxylic acids is 1. The number of aromatic nitrogens is 1. The normalized spacial score (nSPS) is 10.0. The first-order valence-electron chi connectivity index (χ1n) is 5.72. The van der Waals surface area contributed by atoms with E-state index in [1.807, 2.05) is 6.07 Å². The Labute approximate surface area is 114 Å². The van der Waals surface area contributed by atoms with Crippen LogP contribution in [0.4, 0.5) is 11.4 Å². The molecule has 2 rings (SSSR count). The number of carboxylic acid groups (broad SMARTS) is 1. The molecule has 7 heteroatoms. The number of nitrogens with one attached hydrogen (secondary N) is 1. The Morgan fingerprint density at radius 3 is 2.80 bits per heavy atom. The van der Waals surface area contributed by atoms with Crippen molar-refractivity contribution in [3.8, 4) is 0 Å². The number of nitro groups is 1. The highest BCUT2D eigenvalue weighted by atomic mass is 16.6. The SMILES string of the molecule is O=C(O)c1ccc([N+](=O)[O-])c(NCc2cccnc2)c1. The number of carbonyl (C=O) groups is 1. The van der Waals surface area contributed by atoms with Crippen LogP contribution in [0.5, 0.6) is 0 Å². The van der Waals surface area contributed by atoms with Crippen molar-refractivity contribution in [3.63, 3.8) is 0 Å². The first-order valence-corrected chi connectivity index (χ1v) is 5.72. The quantitative estimate of drug-likeness (QED) is 0.639. The van der Waals surface area contributed by atoms with Gasteiger partial charge in [-0.05, 0) is 23.8 Å². The summed E-state index contributed by atoms with van der Waals surface area (Å²) in [5, 5.41) is 22.7. The van der Waals surface area contributed by atoms with Gasteiger partial charge in [-0.3, -0.25) is 15.1 Å². The van der Waals surface area contributed by atoms with Crippen molar-refractivity contribution in [3.05, 3.63) is 64.0 Å². The van der Waals surface area contributed by atoms with E-state index < -0.39 is 10.9 Å². The summed E-state index contributed by atoms with van der Waals surface area (Å²) in [7, 11) is 0. The summed E-state index contributed by atoms with van der Waals surface area (Å²) in [5.41, 5.74) is 0.824. The highest BCUT2D eigenvalue weighted by molar-refractivity contribution is 5.90. The molecule has 102 valence electrons. The number of benzene rings is 1. The molecule has 1 heterocycles. The molecule has 0 amide bonds. The van der Waals surface area contributed by atoms with Gasteiger partial charge in [0.1, 0.15) is 5.69 Å². The molecule has 0 atom stereocenters. The van der Waals surface area contributed by atoms with Gasteiger partial charge in [0.2, 0.25) is 0 Å². The summed E-state index contributed by atoms with van der Waals surface area (Å²) < 4.78 is 0. The Hall–Kier alpha value is -2.96. The molecular weight excluding hydrogens is 262 g/mol. The third-order valence-electron chi connectivity index (χ3n) is 2.65. The number of hydrogen-bond donors (Lipinski definition) is 2. The maximum atomic E-state index is 10.9. The summed E-state index contributed by atoms with van der Waals surface area (Å²) in [4.78, 5) is 25.2. The molecule has 0 bridgehead atoms. The van der Waals surface area contributed by atoms with E-state index in [4.69, 9.17) is 5.11 Å². The van der Waals surface area contributed by atoms with E-state index in [0.29, 0.717) is 6.54 Å². The highest BCUT2D eigenvalue weighted by Crippen LogP contribution is 2.26. The Morgan fingerprint density at radius 1 is 1.40 bits per heavy atom. The van der Waals surface area contributed by atoms with Gasteiger partial charge >= 0.3 is 5.97 Å². The van der Waals surface area contributed by atoms with Crippen molar-refractivity contribution in [2.45, 2.75) is 6.54 Å². The average molecular weight is 273 g/mol. The van der Waals surface area contributed by atoms with Crippen LogP contribution in [0, 0.1) is 10.1 Å². The number of rotatable bonds is 5. The Bertz CT molecular complexity index is 643. The zero-order chi connectivity index (χ0) is 14.5. The number of anilines is 1. The fourth-order valence-electron chi connectivity index (χ4n) is 1.67. The predicted molar refractivity (Wildman–Crippen MR) is 71.6 cm³/mol. The van der Waals surface area contributed by atoms with E-state index in [-0.39, 0.29) is 16.9 Å². The molecule has 0 saturated carbocycles. The van der Waals surface area contributed by atoms with Crippen LogP contribution in [0.15, 0.2) is 42.7 Å². The lowest BCUT2D eigenvalue weighted by Crippen LogP contribution is -2.05. The second kappa shape index (κ2) is 5.79. The molecule has 20 heavy (non-hydrogen) atoms. The molecular formula is C13H11N3O4. The predicted octanol–water partition coefficient (Wildman–Crippen LogP) is 2.30. The number of aromatic carboxylic acids is 1. The van der Waals surface area contributed by atoms with Crippen molar-refractivity contribution in [1.29, 1.82) is 0 Å². The average Bonchev–Trinajstić information content (AvgIpc) is 2.45. The van der Waals surface area contributed by atoms with E-state index in [2.05, 4.69) is 10.3 Å². The zero-order valence-electron chi connectivity index (χ0n) is 10.3. The van der Waals surface area contributed by atoms with Gasteiger partial charge in [-0.15, -0.1) is 0 Å². The summed E-state index contributed by atoms with van der Waals surface area (Å²) >= 11 is 0. The summed E-state index contributed by atoms with van der Waals surface area (Å²) in [6, 6.07) is 7.19. The highest BCUT2D eigenvalue weighted by Gasteiger charge is 2.16. The molecule has 0 fully saturated rings. The lowest BCUT2D eigenvalue weighted by molar-refractivity contribution is -0.384. The number of nitro benzene ring substituents is 1. The molecule has 0 unspecified atom stereocenters. The van der Waals surface area contributed by atoms with Gasteiger partial charge in [0.25, 0.3) is 5.69 Å². The molecule has 0 saturated heterocycles. The van der Waals surface area contributed by atoms with Crippen LogP contribution >= 0.6 is 0 Å². The van der Waals surface area contributed by atoms with Gasteiger partial charge in [0.05, 0.1) is 10.5 Å². The second-order valence-electron chi connectivity index (χ2n) is 4.01.